The summed E-state index contributed by atoms with van der Waals surface area (Å²) in [5, 5.41) is 0. The molecule has 2 heterocycles. The number of aliphatic imine (C=N–C) groups is 2. The van der Waals surface area contributed by atoms with Crippen molar-refractivity contribution in [1.29, 1.82) is 0 Å². The van der Waals surface area contributed by atoms with E-state index >= 15 is 0 Å². The predicted molar refractivity (Wildman–Crippen MR) is 114 cm³/mol. The second-order valence-electron chi connectivity index (χ2n) is 8.63. The fraction of sp³-hybridized carbons (Fsp3) is 0.478. The van der Waals surface area contributed by atoms with Gasteiger partial charge < -0.3 is 10.5 Å². The van der Waals surface area contributed by atoms with Gasteiger partial charge in [0, 0.05) is 31.7 Å². The molecular formula is C23H27N3O4. The molecule has 0 saturated heterocycles. The van der Waals surface area contributed by atoms with E-state index in [-0.39, 0.29) is 36.7 Å². The van der Waals surface area contributed by atoms with Gasteiger partial charge in [-0.25, -0.2) is 0 Å². The molecule has 2 N–H and O–H groups in total. The number of primary amides is 1. The van der Waals surface area contributed by atoms with Crippen LogP contribution in [0.15, 0.2) is 40.3 Å². The molecule has 0 bridgehead atoms. The van der Waals surface area contributed by atoms with Gasteiger partial charge in [0.25, 0.3) is 0 Å². The number of amides is 1. The summed E-state index contributed by atoms with van der Waals surface area (Å²) >= 11 is 0. The molecule has 7 nitrogen and oxygen atoms in total. The van der Waals surface area contributed by atoms with Crippen molar-refractivity contribution >= 4 is 36.2 Å². The number of aldehydes is 1. The van der Waals surface area contributed by atoms with Crippen LogP contribution in [0.25, 0.3) is 0 Å². The largest absolute Gasteiger partial charge is 0.370 e. The molecule has 1 aromatic rings. The lowest BCUT2D eigenvalue weighted by molar-refractivity contribution is -0.135. The van der Waals surface area contributed by atoms with Gasteiger partial charge in [0.05, 0.1) is 11.8 Å². The molecule has 30 heavy (non-hydrogen) atoms. The van der Waals surface area contributed by atoms with Crippen molar-refractivity contribution < 1.29 is 19.2 Å². The molecule has 0 fully saturated rings. The van der Waals surface area contributed by atoms with E-state index in [1.807, 2.05) is 44.2 Å². The SMILES string of the molecule is CC(C)CC1(CC=O)N=CC(C2(Cc3ccccc3)N=CC(CC(N)=O)C2=O)C1=O. The minimum absolute atomic E-state index is 0.0267. The molecule has 1 aromatic carbocycles. The first-order chi connectivity index (χ1) is 14.2. The molecular weight excluding hydrogens is 382 g/mol. The van der Waals surface area contributed by atoms with Crippen LogP contribution < -0.4 is 5.73 Å². The Kier molecular flexibility index (Phi) is 6.10. The third kappa shape index (κ3) is 3.88. The van der Waals surface area contributed by atoms with Crippen LogP contribution in [0, 0.1) is 17.8 Å². The zero-order chi connectivity index (χ0) is 21.9. The van der Waals surface area contributed by atoms with Gasteiger partial charge in [-0.3, -0.25) is 24.4 Å². The van der Waals surface area contributed by atoms with Crippen molar-refractivity contribution in [3.05, 3.63) is 35.9 Å². The maximum absolute atomic E-state index is 13.6. The molecule has 3 rings (SSSR count). The fourth-order valence-electron chi connectivity index (χ4n) is 4.60. The van der Waals surface area contributed by atoms with Crippen LogP contribution in [0.3, 0.4) is 0 Å². The molecule has 0 radical (unpaired) electrons. The minimum Gasteiger partial charge on any atom is -0.370 e. The van der Waals surface area contributed by atoms with Gasteiger partial charge in [-0.15, -0.1) is 0 Å². The summed E-state index contributed by atoms with van der Waals surface area (Å²) in [6.07, 6.45) is 4.10. The summed E-state index contributed by atoms with van der Waals surface area (Å²) in [5.74, 6) is -2.68. The normalized spacial score (nSPS) is 30.4. The van der Waals surface area contributed by atoms with E-state index in [9.17, 15) is 19.2 Å². The number of carbonyl (C=O) groups is 4. The number of nitrogens with two attached hydrogens (primary N) is 1. The van der Waals surface area contributed by atoms with E-state index in [2.05, 4.69) is 9.98 Å². The Labute approximate surface area is 175 Å². The number of hydrogen-bond acceptors (Lipinski definition) is 6. The predicted octanol–water partition coefficient (Wildman–Crippen LogP) is 1.76. The lowest BCUT2D eigenvalue weighted by Gasteiger charge is -2.33. The molecule has 4 unspecified atom stereocenters. The number of nitrogens with zero attached hydrogens (tertiary/aromatic N) is 2. The highest BCUT2D eigenvalue weighted by atomic mass is 16.2. The Morgan fingerprint density at radius 2 is 1.83 bits per heavy atom. The molecule has 2 aliphatic rings. The number of Topliss-reactive ketones (excluding diaryl/α,β-unsaturated/α-hetero) is 2. The Balaban J connectivity index is 2.02. The lowest BCUT2D eigenvalue weighted by atomic mass is 9.69. The maximum atomic E-state index is 13.6. The van der Waals surface area contributed by atoms with E-state index in [1.54, 1.807) is 0 Å². The third-order valence-corrected chi connectivity index (χ3v) is 5.88. The quantitative estimate of drug-likeness (QED) is 0.625. The van der Waals surface area contributed by atoms with Crippen LogP contribution in [0.2, 0.25) is 0 Å². The van der Waals surface area contributed by atoms with Crippen LogP contribution >= 0.6 is 0 Å². The lowest BCUT2D eigenvalue weighted by Crippen LogP contribution is -2.52. The van der Waals surface area contributed by atoms with E-state index in [4.69, 9.17) is 5.73 Å². The second kappa shape index (κ2) is 8.42. The molecule has 4 atom stereocenters. The Morgan fingerprint density at radius 1 is 1.13 bits per heavy atom. The zero-order valence-corrected chi connectivity index (χ0v) is 17.3. The minimum atomic E-state index is -1.39. The summed E-state index contributed by atoms with van der Waals surface area (Å²) < 4.78 is 0. The number of carbonyl (C=O) groups excluding carboxylic acids is 4. The van der Waals surface area contributed by atoms with Crippen molar-refractivity contribution in [3.63, 3.8) is 0 Å². The van der Waals surface area contributed by atoms with Crippen molar-refractivity contribution in [2.24, 2.45) is 33.5 Å². The monoisotopic (exact) mass is 409 g/mol. The van der Waals surface area contributed by atoms with Gasteiger partial charge in [-0.2, -0.15) is 0 Å². The summed E-state index contributed by atoms with van der Waals surface area (Å²) in [6.45, 7) is 3.92. The average Bonchev–Trinajstić information content (AvgIpc) is 3.15. The summed E-state index contributed by atoms with van der Waals surface area (Å²) in [6, 6.07) is 9.32. The smallest absolute Gasteiger partial charge is 0.218 e. The van der Waals surface area contributed by atoms with Gasteiger partial charge in [0.1, 0.15) is 17.4 Å². The highest BCUT2D eigenvalue weighted by Gasteiger charge is 2.59. The summed E-state index contributed by atoms with van der Waals surface area (Å²) in [5.41, 5.74) is 3.61. The van der Waals surface area contributed by atoms with Crippen LogP contribution in [0.4, 0.5) is 0 Å². The Bertz CT molecular complexity index is 908. The highest BCUT2D eigenvalue weighted by Crippen LogP contribution is 2.42. The first-order valence-electron chi connectivity index (χ1n) is 10.2. The van der Waals surface area contributed by atoms with E-state index in [0.717, 1.165) is 5.56 Å². The van der Waals surface area contributed by atoms with Crippen LogP contribution in [-0.4, -0.2) is 47.3 Å². The van der Waals surface area contributed by atoms with E-state index < -0.39 is 28.8 Å². The van der Waals surface area contributed by atoms with Crippen LogP contribution in [-0.2, 0) is 25.6 Å². The topological polar surface area (TPSA) is 119 Å². The molecule has 158 valence electrons. The number of hydrogen-bond donors (Lipinski definition) is 1. The summed E-state index contributed by atoms with van der Waals surface area (Å²) in [7, 11) is 0. The van der Waals surface area contributed by atoms with Crippen LogP contribution in [0.1, 0.15) is 38.7 Å². The van der Waals surface area contributed by atoms with Gasteiger partial charge in [0.15, 0.2) is 11.6 Å². The number of rotatable bonds is 9. The molecule has 1 amide bonds. The van der Waals surface area contributed by atoms with Gasteiger partial charge in [-0.1, -0.05) is 44.2 Å². The van der Waals surface area contributed by atoms with Crippen molar-refractivity contribution in [3.8, 4) is 0 Å². The first kappa shape index (κ1) is 21.7. The zero-order valence-electron chi connectivity index (χ0n) is 17.3. The average molecular weight is 409 g/mol. The number of ketones is 2. The van der Waals surface area contributed by atoms with E-state index in [1.165, 1.54) is 12.4 Å². The molecule has 0 aliphatic carbocycles. The van der Waals surface area contributed by atoms with E-state index in [0.29, 0.717) is 12.7 Å². The van der Waals surface area contributed by atoms with Crippen molar-refractivity contribution in [2.75, 3.05) is 0 Å². The molecule has 7 heteroatoms. The fourth-order valence-corrected chi connectivity index (χ4v) is 4.60. The third-order valence-electron chi connectivity index (χ3n) is 5.88. The first-order valence-corrected chi connectivity index (χ1v) is 10.2. The molecule has 2 aliphatic heterocycles. The standard InChI is InChI=1S/C23H27N3O4/c1-15(2)11-22(8-9-27)21(30)18(14-25-22)23(12-16-6-4-3-5-7-16)20(29)17(13-26-23)10-19(24)28/h3-7,9,13-15,17-18H,8,10-12H2,1-2H3,(H2,24,28). The van der Waals surface area contributed by atoms with Gasteiger partial charge >= 0.3 is 0 Å². The highest BCUT2D eigenvalue weighted by molar-refractivity contribution is 6.17. The van der Waals surface area contributed by atoms with Crippen molar-refractivity contribution in [1.82, 2.24) is 0 Å². The second-order valence-corrected chi connectivity index (χ2v) is 8.63. The molecule has 0 aromatic heterocycles. The van der Waals surface area contributed by atoms with Gasteiger partial charge in [-0.05, 0) is 17.9 Å². The number of benzene rings is 1. The maximum Gasteiger partial charge on any atom is 0.218 e. The van der Waals surface area contributed by atoms with Gasteiger partial charge in [0.2, 0.25) is 5.91 Å². The molecule has 0 saturated carbocycles. The Morgan fingerprint density at radius 3 is 2.43 bits per heavy atom. The van der Waals surface area contributed by atoms with Crippen molar-refractivity contribution in [2.45, 2.75) is 50.6 Å². The Hall–Kier alpha value is -2.96. The van der Waals surface area contributed by atoms with Crippen LogP contribution in [0.5, 0.6) is 0 Å². The molecule has 0 spiro atoms. The summed E-state index contributed by atoms with van der Waals surface area (Å²) in [4.78, 5) is 58.9.